The van der Waals surface area contributed by atoms with Gasteiger partial charge >= 0.3 is 11.9 Å². The zero-order valence-corrected chi connectivity index (χ0v) is 15.3. The minimum absolute atomic E-state index is 0.265. The number of carboxylic acids is 1. The molecule has 0 aliphatic rings. The first kappa shape index (κ1) is 18.4. The smallest absolute Gasteiger partial charge is 0.328 e. The van der Waals surface area contributed by atoms with E-state index in [1.807, 2.05) is 35.9 Å². The number of carbonyl (C=O) groups is 2. The second kappa shape index (κ2) is 7.90. The SMILES string of the molecule is COC(=O)CCn1c(C)c(Cn2ccnc2)c2c(/C=C/C(=O)O)cccc21. The summed E-state index contributed by atoms with van der Waals surface area (Å²) >= 11 is 0. The van der Waals surface area contributed by atoms with Gasteiger partial charge in [-0.05, 0) is 24.6 Å². The van der Waals surface area contributed by atoms with E-state index in [4.69, 9.17) is 9.84 Å². The summed E-state index contributed by atoms with van der Waals surface area (Å²) in [6, 6.07) is 5.76. The van der Waals surface area contributed by atoms with Crippen LogP contribution in [-0.2, 0) is 27.4 Å². The molecule has 0 amide bonds. The van der Waals surface area contributed by atoms with Crippen LogP contribution < -0.4 is 0 Å². The highest BCUT2D eigenvalue weighted by atomic mass is 16.5. The van der Waals surface area contributed by atoms with Crippen LogP contribution in [0, 0.1) is 6.92 Å². The predicted octanol–water partition coefficient (Wildman–Crippen LogP) is 2.86. The Balaban J connectivity index is 2.15. The van der Waals surface area contributed by atoms with Crippen LogP contribution in [0.2, 0.25) is 0 Å². The van der Waals surface area contributed by atoms with E-state index in [-0.39, 0.29) is 12.4 Å². The number of nitrogens with zero attached hydrogens (tertiary/aromatic N) is 3. The second-order valence-electron chi connectivity index (χ2n) is 6.19. The Labute approximate surface area is 156 Å². The number of imidazole rings is 1. The molecule has 1 aromatic carbocycles. The Hall–Kier alpha value is -3.35. The summed E-state index contributed by atoms with van der Waals surface area (Å²) < 4.78 is 8.81. The molecule has 7 heteroatoms. The zero-order valence-electron chi connectivity index (χ0n) is 15.3. The van der Waals surface area contributed by atoms with Crippen molar-refractivity contribution in [2.24, 2.45) is 0 Å². The minimum Gasteiger partial charge on any atom is -0.478 e. The largest absolute Gasteiger partial charge is 0.478 e. The lowest BCUT2D eigenvalue weighted by Crippen LogP contribution is -2.08. The normalized spacial score (nSPS) is 11.3. The highest BCUT2D eigenvalue weighted by molar-refractivity contribution is 5.96. The first-order chi connectivity index (χ1) is 13.0. The van der Waals surface area contributed by atoms with Gasteiger partial charge in [0.2, 0.25) is 0 Å². The van der Waals surface area contributed by atoms with Crippen molar-refractivity contribution in [2.75, 3.05) is 7.11 Å². The fourth-order valence-corrected chi connectivity index (χ4v) is 3.29. The number of rotatable bonds is 7. The van der Waals surface area contributed by atoms with Crippen molar-refractivity contribution >= 4 is 28.9 Å². The van der Waals surface area contributed by atoms with Gasteiger partial charge in [0.05, 0.1) is 26.4 Å². The van der Waals surface area contributed by atoms with Crippen LogP contribution in [0.4, 0.5) is 0 Å². The third-order valence-corrected chi connectivity index (χ3v) is 4.58. The van der Waals surface area contributed by atoms with Crippen LogP contribution in [-0.4, -0.2) is 38.3 Å². The summed E-state index contributed by atoms with van der Waals surface area (Å²) in [5.74, 6) is -1.26. The molecule has 3 aromatic rings. The summed E-state index contributed by atoms with van der Waals surface area (Å²) in [5.41, 5.74) is 3.88. The van der Waals surface area contributed by atoms with Crippen LogP contribution in [0.3, 0.4) is 0 Å². The molecule has 0 spiro atoms. The molecule has 0 aliphatic carbocycles. The standard InChI is InChI=1S/C20H21N3O4/c1-14-16(12-22-11-9-21-13-22)20-15(6-7-18(24)25)4-3-5-17(20)23(14)10-8-19(26)27-2/h3-7,9,11,13H,8,10,12H2,1-2H3,(H,24,25)/b7-6+. The molecule has 1 N–H and O–H groups in total. The highest BCUT2D eigenvalue weighted by Crippen LogP contribution is 2.31. The van der Waals surface area contributed by atoms with Crippen molar-refractivity contribution in [3.63, 3.8) is 0 Å². The lowest BCUT2D eigenvalue weighted by molar-refractivity contribution is -0.140. The predicted molar refractivity (Wildman–Crippen MR) is 101 cm³/mol. The average molecular weight is 367 g/mol. The molecular weight excluding hydrogens is 346 g/mol. The Kier molecular flexibility index (Phi) is 5.40. The Morgan fingerprint density at radius 2 is 2.15 bits per heavy atom. The molecule has 140 valence electrons. The third kappa shape index (κ3) is 3.92. The van der Waals surface area contributed by atoms with Crippen LogP contribution in [0.15, 0.2) is 43.0 Å². The quantitative estimate of drug-likeness (QED) is 0.513. The van der Waals surface area contributed by atoms with E-state index in [0.717, 1.165) is 33.8 Å². The Bertz CT molecular complexity index is 1000. The van der Waals surface area contributed by atoms with E-state index in [9.17, 15) is 9.59 Å². The molecular formula is C20H21N3O4. The number of hydrogen-bond acceptors (Lipinski definition) is 4. The summed E-state index contributed by atoms with van der Waals surface area (Å²) in [6.07, 6.45) is 8.35. The van der Waals surface area contributed by atoms with Crippen molar-refractivity contribution in [1.82, 2.24) is 14.1 Å². The molecule has 0 fully saturated rings. The number of hydrogen-bond donors (Lipinski definition) is 1. The topological polar surface area (TPSA) is 86.4 Å². The van der Waals surface area contributed by atoms with Crippen molar-refractivity contribution in [3.05, 3.63) is 59.8 Å². The monoisotopic (exact) mass is 367 g/mol. The van der Waals surface area contributed by atoms with E-state index < -0.39 is 5.97 Å². The van der Waals surface area contributed by atoms with Crippen LogP contribution in [0.1, 0.15) is 23.2 Å². The minimum atomic E-state index is -0.995. The summed E-state index contributed by atoms with van der Waals surface area (Å²) in [6.45, 7) is 3.10. The number of carboxylic acid groups (broad SMARTS) is 1. The first-order valence-electron chi connectivity index (χ1n) is 8.55. The van der Waals surface area contributed by atoms with Gasteiger partial charge in [-0.1, -0.05) is 12.1 Å². The molecule has 2 heterocycles. The number of aromatic nitrogens is 3. The maximum absolute atomic E-state index is 11.6. The van der Waals surface area contributed by atoms with E-state index >= 15 is 0 Å². The summed E-state index contributed by atoms with van der Waals surface area (Å²) in [5, 5.41) is 9.98. The highest BCUT2D eigenvalue weighted by Gasteiger charge is 2.17. The van der Waals surface area contributed by atoms with Gasteiger partial charge in [-0.2, -0.15) is 0 Å². The zero-order chi connectivity index (χ0) is 19.4. The van der Waals surface area contributed by atoms with Crippen LogP contribution >= 0.6 is 0 Å². The number of esters is 1. The molecule has 0 radical (unpaired) electrons. The van der Waals surface area contributed by atoms with Crippen LogP contribution in [0.5, 0.6) is 0 Å². The number of fused-ring (bicyclic) bond motifs is 1. The Morgan fingerprint density at radius 3 is 2.81 bits per heavy atom. The van der Waals surface area contributed by atoms with Gasteiger partial charge in [-0.15, -0.1) is 0 Å². The fourth-order valence-electron chi connectivity index (χ4n) is 3.29. The van der Waals surface area contributed by atoms with Gasteiger partial charge in [0.15, 0.2) is 0 Å². The molecule has 0 unspecified atom stereocenters. The molecule has 0 atom stereocenters. The van der Waals surface area contributed by atoms with Gasteiger partial charge < -0.3 is 19.0 Å². The number of carbonyl (C=O) groups excluding carboxylic acids is 1. The molecule has 7 nitrogen and oxygen atoms in total. The lowest BCUT2D eigenvalue weighted by Gasteiger charge is -2.08. The van der Waals surface area contributed by atoms with Crippen molar-refractivity contribution in [3.8, 4) is 0 Å². The lowest BCUT2D eigenvalue weighted by atomic mass is 10.0. The van der Waals surface area contributed by atoms with E-state index in [1.54, 1.807) is 18.6 Å². The number of benzene rings is 1. The van der Waals surface area contributed by atoms with Gasteiger partial charge in [0.1, 0.15) is 0 Å². The van der Waals surface area contributed by atoms with Crippen molar-refractivity contribution < 1.29 is 19.4 Å². The molecule has 3 rings (SSSR count). The van der Waals surface area contributed by atoms with E-state index in [2.05, 4.69) is 9.55 Å². The van der Waals surface area contributed by atoms with Gasteiger partial charge in [-0.25, -0.2) is 9.78 Å². The van der Waals surface area contributed by atoms with Gasteiger partial charge in [0.25, 0.3) is 0 Å². The fraction of sp³-hybridized carbons (Fsp3) is 0.250. The average Bonchev–Trinajstić information content (AvgIpc) is 3.26. The third-order valence-electron chi connectivity index (χ3n) is 4.58. The molecule has 0 bridgehead atoms. The Morgan fingerprint density at radius 1 is 1.33 bits per heavy atom. The van der Waals surface area contributed by atoms with Crippen molar-refractivity contribution in [2.45, 2.75) is 26.4 Å². The maximum Gasteiger partial charge on any atom is 0.328 e. The van der Waals surface area contributed by atoms with Crippen LogP contribution in [0.25, 0.3) is 17.0 Å². The van der Waals surface area contributed by atoms with Gasteiger partial charge in [0, 0.05) is 47.2 Å². The summed E-state index contributed by atoms with van der Waals surface area (Å²) in [4.78, 5) is 26.7. The molecule has 0 aliphatic heterocycles. The van der Waals surface area contributed by atoms with E-state index in [0.29, 0.717) is 13.1 Å². The summed E-state index contributed by atoms with van der Waals surface area (Å²) in [7, 11) is 1.38. The molecule has 27 heavy (non-hydrogen) atoms. The molecule has 0 saturated heterocycles. The van der Waals surface area contributed by atoms with Crippen molar-refractivity contribution in [1.29, 1.82) is 0 Å². The number of aliphatic carboxylic acids is 1. The second-order valence-corrected chi connectivity index (χ2v) is 6.19. The number of aryl methyl sites for hydroxylation is 1. The first-order valence-corrected chi connectivity index (χ1v) is 8.55. The van der Waals surface area contributed by atoms with Gasteiger partial charge in [-0.3, -0.25) is 4.79 Å². The molecule has 2 aromatic heterocycles. The molecule has 0 saturated carbocycles. The number of methoxy groups -OCH3 is 1. The maximum atomic E-state index is 11.6. The number of ether oxygens (including phenoxy) is 1. The van der Waals surface area contributed by atoms with E-state index in [1.165, 1.54) is 7.11 Å².